The predicted octanol–water partition coefficient (Wildman–Crippen LogP) is 6.81. The minimum atomic E-state index is -0.322. The summed E-state index contributed by atoms with van der Waals surface area (Å²) in [5.74, 6) is 1.37. The molecule has 1 aliphatic rings. The number of hydrogen-bond donors (Lipinski definition) is 2. The van der Waals surface area contributed by atoms with Crippen LogP contribution in [0.1, 0.15) is 17.3 Å². The number of benzene rings is 6. The molecule has 6 nitrogen and oxygen atoms in total. The summed E-state index contributed by atoms with van der Waals surface area (Å²) >= 11 is 0. The molecule has 0 saturated heterocycles. The van der Waals surface area contributed by atoms with Crippen LogP contribution in [0.4, 0.5) is 0 Å². The van der Waals surface area contributed by atoms with Crippen molar-refractivity contribution in [1.29, 1.82) is 0 Å². The van der Waals surface area contributed by atoms with E-state index in [2.05, 4.69) is 112 Å². The van der Waals surface area contributed by atoms with E-state index in [0.717, 1.165) is 66.3 Å². The lowest BCUT2D eigenvalue weighted by Crippen LogP contribution is -2.35. The molecule has 1 aliphatic heterocycles. The fraction of sp³-hybridized carbons (Fsp3) is 0.0256. The zero-order valence-electron chi connectivity index (χ0n) is 24.9. The highest BCUT2D eigenvalue weighted by molar-refractivity contribution is 6.46. The van der Waals surface area contributed by atoms with Crippen LogP contribution in [-0.2, 0) is 0 Å². The molecule has 7 heteroatoms. The van der Waals surface area contributed by atoms with Gasteiger partial charge in [0.2, 0.25) is 5.96 Å². The summed E-state index contributed by atoms with van der Waals surface area (Å²) in [5.41, 5.74) is 8.28. The molecular weight excluding hydrogens is 565 g/mol. The van der Waals surface area contributed by atoms with Gasteiger partial charge in [-0.1, -0.05) is 115 Å². The zero-order valence-corrected chi connectivity index (χ0v) is 24.9. The Morgan fingerprint density at radius 3 is 1.93 bits per heavy atom. The van der Waals surface area contributed by atoms with Crippen molar-refractivity contribution < 1.29 is 5.02 Å². The number of amidine groups is 1. The van der Waals surface area contributed by atoms with E-state index in [0.29, 0.717) is 5.96 Å². The number of rotatable bonds is 4. The summed E-state index contributed by atoms with van der Waals surface area (Å²) in [6.07, 6.45) is -0.322. The van der Waals surface area contributed by atoms with Crippen LogP contribution >= 0.6 is 0 Å². The SMILES string of the molecule is OBc1ccc2c(c1)c1cc3c(cc1n2C1=NC(c2ccccc2)NC(c2ccccc2)=N1)c1ccccc1n3-c1ccccc1. The Morgan fingerprint density at radius 1 is 0.565 bits per heavy atom. The number of aliphatic imine (C=N–C) groups is 2. The molecule has 6 aromatic carbocycles. The molecule has 9 rings (SSSR count). The van der Waals surface area contributed by atoms with Gasteiger partial charge in [-0.05, 0) is 42.0 Å². The van der Waals surface area contributed by atoms with Crippen LogP contribution in [0.2, 0.25) is 0 Å². The van der Waals surface area contributed by atoms with Gasteiger partial charge in [-0.3, -0.25) is 4.57 Å². The van der Waals surface area contributed by atoms with Crippen molar-refractivity contribution in [2.45, 2.75) is 6.17 Å². The molecule has 0 amide bonds. The standard InChI is InChI=1S/C39H28BN5O/c46-40-27-20-21-34-30(22-27)32-24-35-31(29-18-10-11-19-33(29)44(35)28-16-8-3-9-17-28)23-36(32)45(34)39-42-37(25-12-4-1-5-13-25)41-38(43-39)26-14-6-2-7-15-26/h1-24,37,40,46H,(H,41,42,43). The van der Waals surface area contributed by atoms with Crippen molar-refractivity contribution >= 4 is 68.4 Å². The Hall–Kier alpha value is -5.92. The lowest BCUT2D eigenvalue weighted by molar-refractivity contribution is 0.615. The molecule has 1 unspecified atom stereocenters. The van der Waals surface area contributed by atoms with Gasteiger partial charge in [-0.25, -0.2) is 4.99 Å². The largest absolute Gasteiger partial charge is 0.449 e. The maximum absolute atomic E-state index is 10.1. The lowest BCUT2D eigenvalue weighted by atomic mass is 9.88. The fourth-order valence-corrected chi connectivity index (χ4v) is 6.78. The molecule has 0 spiro atoms. The smallest absolute Gasteiger partial charge is 0.304 e. The Bertz CT molecular complexity index is 2480. The molecule has 0 radical (unpaired) electrons. The summed E-state index contributed by atoms with van der Waals surface area (Å²) in [4.78, 5) is 10.4. The first kappa shape index (κ1) is 26.5. The van der Waals surface area contributed by atoms with Crippen LogP contribution in [0.25, 0.3) is 49.3 Å². The van der Waals surface area contributed by atoms with E-state index in [9.17, 15) is 5.02 Å². The van der Waals surface area contributed by atoms with Crippen molar-refractivity contribution in [1.82, 2.24) is 14.5 Å². The van der Waals surface area contributed by atoms with Crippen LogP contribution in [-0.4, -0.2) is 33.4 Å². The molecule has 2 N–H and O–H groups in total. The predicted molar refractivity (Wildman–Crippen MR) is 191 cm³/mol. The fourth-order valence-electron chi connectivity index (χ4n) is 6.78. The van der Waals surface area contributed by atoms with Crippen LogP contribution in [0.5, 0.6) is 0 Å². The number of hydrogen-bond acceptors (Lipinski definition) is 4. The topological polar surface area (TPSA) is 66.8 Å². The summed E-state index contributed by atoms with van der Waals surface area (Å²) in [6, 6.07) is 50.3. The van der Waals surface area contributed by atoms with Crippen LogP contribution in [0.3, 0.4) is 0 Å². The number of nitrogens with zero attached hydrogens (tertiary/aromatic N) is 4. The molecule has 3 heterocycles. The molecule has 0 fully saturated rings. The zero-order chi connectivity index (χ0) is 30.6. The highest BCUT2D eigenvalue weighted by atomic mass is 16.2. The summed E-state index contributed by atoms with van der Waals surface area (Å²) in [6.45, 7) is 0. The van der Waals surface area contributed by atoms with Crippen molar-refractivity contribution in [2.75, 3.05) is 0 Å². The van der Waals surface area contributed by atoms with Crippen molar-refractivity contribution in [3.8, 4) is 5.69 Å². The second kappa shape index (κ2) is 10.6. The van der Waals surface area contributed by atoms with Crippen molar-refractivity contribution in [3.05, 3.63) is 157 Å². The van der Waals surface area contributed by atoms with E-state index in [1.807, 2.05) is 48.5 Å². The third-order valence-corrected chi connectivity index (χ3v) is 8.91. The van der Waals surface area contributed by atoms with E-state index in [-0.39, 0.29) is 13.6 Å². The molecule has 0 aliphatic carbocycles. The summed E-state index contributed by atoms with van der Waals surface area (Å²) < 4.78 is 4.52. The van der Waals surface area contributed by atoms with Gasteiger partial charge in [0.25, 0.3) is 0 Å². The third-order valence-electron chi connectivity index (χ3n) is 8.91. The van der Waals surface area contributed by atoms with E-state index in [1.54, 1.807) is 0 Å². The molecular formula is C39H28BN5O. The average Bonchev–Trinajstić information content (AvgIpc) is 3.63. The second-order valence-electron chi connectivity index (χ2n) is 11.6. The number of para-hydroxylation sites is 2. The van der Waals surface area contributed by atoms with E-state index >= 15 is 0 Å². The Kier molecular flexibility index (Phi) is 6.11. The first-order valence-electron chi connectivity index (χ1n) is 15.5. The van der Waals surface area contributed by atoms with Gasteiger partial charge in [0.1, 0.15) is 12.0 Å². The van der Waals surface area contributed by atoms with Gasteiger partial charge in [0.15, 0.2) is 0 Å². The Morgan fingerprint density at radius 2 is 1.17 bits per heavy atom. The maximum Gasteiger partial charge on any atom is 0.304 e. The molecule has 2 aromatic heterocycles. The van der Waals surface area contributed by atoms with Crippen molar-refractivity contribution in [2.24, 2.45) is 9.98 Å². The van der Waals surface area contributed by atoms with E-state index in [1.165, 1.54) is 5.39 Å². The Balaban J connectivity index is 1.38. The van der Waals surface area contributed by atoms with Crippen LogP contribution in [0, 0.1) is 0 Å². The van der Waals surface area contributed by atoms with E-state index in [4.69, 9.17) is 9.98 Å². The highest BCUT2D eigenvalue weighted by Crippen LogP contribution is 2.38. The maximum atomic E-state index is 10.1. The molecule has 8 aromatic rings. The van der Waals surface area contributed by atoms with Crippen molar-refractivity contribution in [3.63, 3.8) is 0 Å². The second-order valence-corrected chi connectivity index (χ2v) is 11.6. The van der Waals surface area contributed by atoms with E-state index < -0.39 is 0 Å². The minimum Gasteiger partial charge on any atom is -0.449 e. The minimum absolute atomic E-state index is 0.0353. The average molecular weight is 593 g/mol. The normalized spacial score (nSPS) is 14.8. The molecule has 0 saturated carbocycles. The molecule has 1 atom stereocenters. The first-order valence-corrected chi connectivity index (χ1v) is 15.5. The van der Waals surface area contributed by atoms with Gasteiger partial charge in [-0.15, -0.1) is 0 Å². The number of fused-ring (bicyclic) bond motifs is 6. The van der Waals surface area contributed by atoms with Crippen LogP contribution in [0.15, 0.2) is 156 Å². The lowest BCUT2D eigenvalue weighted by Gasteiger charge is -2.24. The number of nitrogens with one attached hydrogen (secondary N) is 1. The first-order chi connectivity index (χ1) is 22.8. The highest BCUT2D eigenvalue weighted by Gasteiger charge is 2.25. The molecule has 218 valence electrons. The van der Waals surface area contributed by atoms with Gasteiger partial charge < -0.3 is 14.9 Å². The molecule has 0 bridgehead atoms. The summed E-state index contributed by atoms with van der Waals surface area (Å²) in [7, 11) is -0.0353. The quantitative estimate of drug-likeness (QED) is 0.220. The molecule has 46 heavy (non-hydrogen) atoms. The van der Waals surface area contributed by atoms with Gasteiger partial charge in [0.05, 0.1) is 22.1 Å². The van der Waals surface area contributed by atoms with Crippen LogP contribution < -0.4 is 10.8 Å². The Labute approximate surface area is 265 Å². The number of aromatic nitrogens is 2. The van der Waals surface area contributed by atoms with Gasteiger partial charge in [0, 0.05) is 32.8 Å². The monoisotopic (exact) mass is 593 g/mol. The third kappa shape index (κ3) is 4.17. The van der Waals surface area contributed by atoms with Gasteiger partial charge in [-0.2, -0.15) is 4.99 Å². The van der Waals surface area contributed by atoms with Gasteiger partial charge >= 0.3 is 7.48 Å². The summed E-state index contributed by atoms with van der Waals surface area (Å²) in [5, 5.41) is 18.2.